The first-order chi connectivity index (χ1) is 11.1. The zero-order chi connectivity index (χ0) is 18.3. The summed E-state index contributed by atoms with van der Waals surface area (Å²) in [6.45, 7) is 3.57. The van der Waals surface area contributed by atoms with E-state index in [9.17, 15) is 18.0 Å². The molecule has 1 aromatic carbocycles. The van der Waals surface area contributed by atoms with Crippen LogP contribution in [0.15, 0.2) is 23.1 Å². The maximum absolute atomic E-state index is 12.2. The van der Waals surface area contributed by atoms with Crippen LogP contribution < -0.4 is 4.72 Å². The van der Waals surface area contributed by atoms with E-state index in [1.165, 1.54) is 4.90 Å². The predicted octanol–water partition coefficient (Wildman–Crippen LogP) is 0.993. The van der Waals surface area contributed by atoms with Crippen LogP contribution in [0.3, 0.4) is 0 Å². The van der Waals surface area contributed by atoms with Gasteiger partial charge in [0.2, 0.25) is 10.0 Å². The number of hydrogen-bond donors (Lipinski definition) is 1. The van der Waals surface area contributed by atoms with Gasteiger partial charge in [-0.1, -0.05) is 6.07 Å². The van der Waals surface area contributed by atoms with Gasteiger partial charge in [0.15, 0.2) is 6.61 Å². The van der Waals surface area contributed by atoms with Crippen LogP contribution in [-0.4, -0.2) is 52.4 Å². The summed E-state index contributed by atoms with van der Waals surface area (Å²) in [5, 5.41) is 0. The molecule has 1 aromatic rings. The van der Waals surface area contributed by atoms with E-state index in [2.05, 4.69) is 4.72 Å². The fraction of sp³-hybridized carbons (Fsp3) is 0.500. The maximum atomic E-state index is 12.2. The van der Waals surface area contributed by atoms with E-state index in [0.717, 1.165) is 11.1 Å². The molecule has 0 aliphatic carbocycles. The number of amides is 1. The molecule has 8 heteroatoms. The SMILES string of the molecule is Cc1ccc(S(=O)(=O)NCCCC(=O)OCC(=O)N(C)C)cc1C. The normalized spacial score (nSPS) is 11.2. The zero-order valence-electron chi connectivity index (χ0n) is 14.5. The lowest BCUT2D eigenvalue weighted by Crippen LogP contribution is -2.28. The fourth-order valence-electron chi connectivity index (χ4n) is 1.75. The number of carbonyl (C=O) groups is 2. The third-order valence-electron chi connectivity index (χ3n) is 3.49. The first-order valence-corrected chi connectivity index (χ1v) is 9.04. The van der Waals surface area contributed by atoms with Crippen molar-refractivity contribution >= 4 is 21.9 Å². The number of nitrogens with zero attached hydrogens (tertiary/aromatic N) is 1. The Hall–Kier alpha value is -1.93. The highest BCUT2D eigenvalue weighted by Crippen LogP contribution is 2.14. The summed E-state index contributed by atoms with van der Waals surface area (Å²) in [6, 6.07) is 4.91. The van der Waals surface area contributed by atoms with Crippen molar-refractivity contribution in [3.05, 3.63) is 29.3 Å². The van der Waals surface area contributed by atoms with Crippen molar-refractivity contribution < 1.29 is 22.7 Å². The molecule has 0 atom stereocenters. The van der Waals surface area contributed by atoms with Crippen molar-refractivity contribution in [2.75, 3.05) is 27.2 Å². The third-order valence-corrected chi connectivity index (χ3v) is 4.95. The van der Waals surface area contributed by atoms with Crippen LogP contribution in [0, 0.1) is 13.8 Å². The standard InChI is InChI=1S/C16H24N2O5S/c1-12-7-8-14(10-13(12)2)24(21,22)17-9-5-6-16(20)23-11-15(19)18(3)4/h7-8,10,17H,5-6,9,11H2,1-4H3. The molecule has 0 aliphatic rings. The van der Waals surface area contributed by atoms with Crippen molar-refractivity contribution in [1.82, 2.24) is 9.62 Å². The Kier molecular flexibility index (Phi) is 7.37. The average Bonchev–Trinajstić information content (AvgIpc) is 2.51. The van der Waals surface area contributed by atoms with E-state index in [4.69, 9.17) is 4.74 Å². The highest BCUT2D eigenvalue weighted by molar-refractivity contribution is 7.89. The molecule has 0 fully saturated rings. The molecule has 0 radical (unpaired) electrons. The summed E-state index contributed by atoms with van der Waals surface area (Å²) in [7, 11) is -0.463. The van der Waals surface area contributed by atoms with E-state index >= 15 is 0 Å². The fourth-order valence-corrected chi connectivity index (χ4v) is 2.91. The smallest absolute Gasteiger partial charge is 0.306 e. The summed E-state index contributed by atoms with van der Waals surface area (Å²) in [5.41, 5.74) is 1.91. The molecule has 1 N–H and O–H groups in total. The van der Waals surface area contributed by atoms with E-state index in [-0.39, 0.29) is 30.4 Å². The lowest BCUT2D eigenvalue weighted by Gasteiger charge is -2.11. The average molecular weight is 356 g/mol. The highest BCUT2D eigenvalue weighted by Gasteiger charge is 2.14. The molecule has 0 saturated carbocycles. The van der Waals surface area contributed by atoms with Gasteiger partial charge in [-0.05, 0) is 43.5 Å². The van der Waals surface area contributed by atoms with Crippen LogP contribution in [0.4, 0.5) is 0 Å². The van der Waals surface area contributed by atoms with Crippen molar-refractivity contribution in [3.8, 4) is 0 Å². The Bertz CT molecular complexity index is 698. The number of rotatable bonds is 8. The number of hydrogen-bond acceptors (Lipinski definition) is 5. The summed E-state index contributed by atoms with van der Waals surface area (Å²) in [5.74, 6) is -0.839. The minimum atomic E-state index is -3.60. The van der Waals surface area contributed by atoms with Crippen LogP contribution in [0.5, 0.6) is 0 Å². The number of sulfonamides is 1. The molecule has 7 nitrogen and oxygen atoms in total. The van der Waals surface area contributed by atoms with Crippen LogP contribution in [-0.2, 0) is 24.3 Å². The lowest BCUT2D eigenvalue weighted by atomic mass is 10.1. The van der Waals surface area contributed by atoms with E-state index in [1.807, 2.05) is 13.8 Å². The van der Waals surface area contributed by atoms with Gasteiger partial charge in [-0.25, -0.2) is 13.1 Å². The van der Waals surface area contributed by atoms with Crippen LogP contribution in [0.25, 0.3) is 0 Å². The van der Waals surface area contributed by atoms with Crippen molar-refractivity contribution in [2.24, 2.45) is 0 Å². The minimum Gasteiger partial charge on any atom is -0.456 e. The van der Waals surface area contributed by atoms with Crippen LogP contribution >= 0.6 is 0 Å². The van der Waals surface area contributed by atoms with Gasteiger partial charge in [-0.2, -0.15) is 0 Å². The van der Waals surface area contributed by atoms with Gasteiger partial charge >= 0.3 is 5.97 Å². The molecule has 24 heavy (non-hydrogen) atoms. The van der Waals surface area contributed by atoms with Gasteiger partial charge in [0.05, 0.1) is 4.90 Å². The highest BCUT2D eigenvalue weighted by atomic mass is 32.2. The molecule has 1 amide bonds. The summed E-state index contributed by atoms with van der Waals surface area (Å²) < 4.78 is 31.6. The molecule has 134 valence electrons. The Morgan fingerprint density at radius 1 is 1.17 bits per heavy atom. The molecule has 0 bridgehead atoms. The number of aryl methyl sites for hydroxylation is 2. The molecule has 0 unspecified atom stereocenters. The second kappa shape index (κ2) is 8.79. The van der Waals surface area contributed by atoms with Gasteiger partial charge in [0, 0.05) is 27.1 Å². The zero-order valence-corrected chi connectivity index (χ0v) is 15.3. The Morgan fingerprint density at radius 2 is 1.83 bits per heavy atom. The maximum Gasteiger partial charge on any atom is 0.306 e. The predicted molar refractivity (Wildman–Crippen MR) is 90.0 cm³/mol. The Morgan fingerprint density at radius 3 is 2.42 bits per heavy atom. The number of benzene rings is 1. The van der Waals surface area contributed by atoms with Crippen molar-refractivity contribution in [1.29, 1.82) is 0 Å². The monoisotopic (exact) mass is 356 g/mol. The molecule has 1 rings (SSSR count). The van der Waals surface area contributed by atoms with Crippen LogP contribution in [0.1, 0.15) is 24.0 Å². The summed E-state index contributed by atoms with van der Waals surface area (Å²) in [6.07, 6.45) is 0.329. The summed E-state index contributed by atoms with van der Waals surface area (Å²) in [4.78, 5) is 24.3. The van der Waals surface area contributed by atoms with E-state index in [1.54, 1.807) is 32.3 Å². The van der Waals surface area contributed by atoms with Crippen LogP contribution in [0.2, 0.25) is 0 Å². The largest absolute Gasteiger partial charge is 0.456 e. The molecular weight excluding hydrogens is 332 g/mol. The molecular formula is C16H24N2O5S. The first kappa shape index (κ1) is 20.1. The minimum absolute atomic E-state index is 0.0379. The molecule has 0 aliphatic heterocycles. The third kappa shape index (κ3) is 6.29. The van der Waals surface area contributed by atoms with E-state index in [0.29, 0.717) is 6.42 Å². The van der Waals surface area contributed by atoms with Gasteiger partial charge in [-0.3, -0.25) is 9.59 Å². The van der Waals surface area contributed by atoms with Gasteiger partial charge in [-0.15, -0.1) is 0 Å². The second-order valence-electron chi connectivity index (χ2n) is 5.70. The topological polar surface area (TPSA) is 92.8 Å². The van der Waals surface area contributed by atoms with Crippen molar-refractivity contribution in [3.63, 3.8) is 0 Å². The number of carbonyl (C=O) groups excluding carboxylic acids is 2. The van der Waals surface area contributed by atoms with Gasteiger partial charge in [0.1, 0.15) is 0 Å². The van der Waals surface area contributed by atoms with E-state index < -0.39 is 16.0 Å². The molecule has 0 spiro atoms. The van der Waals surface area contributed by atoms with Crippen molar-refractivity contribution in [2.45, 2.75) is 31.6 Å². The van der Waals surface area contributed by atoms with Gasteiger partial charge < -0.3 is 9.64 Å². The number of nitrogens with one attached hydrogen (secondary N) is 1. The quantitative estimate of drug-likeness (QED) is 0.554. The molecule has 0 saturated heterocycles. The Balaban J connectivity index is 2.39. The number of ether oxygens (including phenoxy) is 1. The van der Waals surface area contributed by atoms with Gasteiger partial charge in [0.25, 0.3) is 5.91 Å². The lowest BCUT2D eigenvalue weighted by molar-refractivity contribution is -0.151. The Labute approximate surface area is 143 Å². The second-order valence-corrected chi connectivity index (χ2v) is 7.46. The molecule has 0 heterocycles. The molecule has 0 aromatic heterocycles. The first-order valence-electron chi connectivity index (χ1n) is 7.56. The summed E-state index contributed by atoms with van der Waals surface area (Å²) >= 11 is 0. The number of esters is 1. The number of likely N-dealkylation sites (N-methyl/N-ethyl adjacent to an activating group) is 1.